The van der Waals surface area contributed by atoms with Gasteiger partial charge in [0.2, 0.25) is 0 Å². The second kappa shape index (κ2) is 8.47. The molecule has 0 spiro atoms. The molecule has 1 heterocycles. The average molecular weight is 331 g/mol. The fourth-order valence-corrected chi connectivity index (χ4v) is 2.45. The van der Waals surface area contributed by atoms with Crippen LogP contribution in [-0.4, -0.2) is 28.0 Å². The Labute approximate surface area is 142 Å². The van der Waals surface area contributed by atoms with Crippen LogP contribution in [0, 0.1) is 5.82 Å². The van der Waals surface area contributed by atoms with Gasteiger partial charge in [0, 0.05) is 24.0 Å². The van der Waals surface area contributed by atoms with E-state index in [2.05, 4.69) is 34.1 Å². The number of nitrogens with two attached hydrogens (primary N) is 1. The third-order valence-electron chi connectivity index (χ3n) is 3.86. The lowest BCUT2D eigenvalue weighted by Gasteiger charge is -2.27. The maximum absolute atomic E-state index is 12.9. The monoisotopic (exact) mass is 331 g/mol. The van der Waals surface area contributed by atoms with Gasteiger partial charge in [-0.3, -0.25) is 4.99 Å². The van der Waals surface area contributed by atoms with Crippen LogP contribution in [0.5, 0.6) is 0 Å². The van der Waals surface area contributed by atoms with E-state index in [4.69, 9.17) is 5.73 Å². The van der Waals surface area contributed by atoms with Crippen molar-refractivity contribution in [2.24, 2.45) is 10.7 Å². The molecule has 0 amide bonds. The molecular formula is C18H26FN5. The van der Waals surface area contributed by atoms with Gasteiger partial charge in [0.05, 0.1) is 6.33 Å². The molecule has 0 radical (unpaired) electrons. The van der Waals surface area contributed by atoms with E-state index >= 15 is 0 Å². The number of aromatic amines is 1. The highest BCUT2D eigenvalue weighted by molar-refractivity contribution is 5.78. The van der Waals surface area contributed by atoms with Crippen molar-refractivity contribution in [2.75, 3.05) is 6.54 Å². The number of aromatic nitrogens is 2. The quantitative estimate of drug-likeness (QED) is 0.395. The molecule has 0 aliphatic heterocycles. The lowest BCUT2D eigenvalue weighted by Crippen LogP contribution is -2.47. The summed E-state index contributed by atoms with van der Waals surface area (Å²) >= 11 is 0. The van der Waals surface area contributed by atoms with Crippen LogP contribution in [0.15, 0.2) is 41.8 Å². The number of aliphatic imine (C=N–C) groups is 1. The summed E-state index contributed by atoms with van der Waals surface area (Å²) in [7, 11) is 0. The first-order chi connectivity index (χ1) is 11.4. The first-order valence-electron chi connectivity index (χ1n) is 8.24. The van der Waals surface area contributed by atoms with Crippen LogP contribution in [0.2, 0.25) is 0 Å². The fraction of sp³-hybridized carbons (Fsp3) is 0.444. The van der Waals surface area contributed by atoms with E-state index in [0.717, 1.165) is 36.9 Å². The third kappa shape index (κ3) is 6.40. The predicted molar refractivity (Wildman–Crippen MR) is 95.3 cm³/mol. The fourth-order valence-electron chi connectivity index (χ4n) is 2.45. The molecule has 0 unspecified atom stereocenters. The van der Waals surface area contributed by atoms with Crippen LogP contribution in [0.3, 0.4) is 0 Å². The molecule has 2 rings (SSSR count). The lowest BCUT2D eigenvalue weighted by molar-refractivity contribution is 0.423. The van der Waals surface area contributed by atoms with Gasteiger partial charge in [-0.2, -0.15) is 0 Å². The van der Waals surface area contributed by atoms with E-state index in [1.165, 1.54) is 12.1 Å². The zero-order valence-corrected chi connectivity index (χ0v) is 14.3. The number of rotatable bonds is 8. The number of nitrogens with one attached hydrogen (secondary N) is 2. The van der Waals surface area contributed by atoms with Crippen molar-refractivity contribution in [2.45, 2.75) is 45.1 Å². The Morgan fingerprint density at radius 3 is 2.71 bits per heavy atom. The summed E-state index contributed by atoms with van der Waals surface area (Å²) < 4.78 is 12.9. The number of nitrogens with zero attached hydrogens (tertiary/aromatic N) is 2. The van der Waals surface area contributed by atoms with Crippen LogP contribution >= 0.6 is 0 Å². The van der Waals surface area contributed by atoms with Crippen LogP contribution in [0.25, 0.3) is 0 Å². The Morgan fingerprint density at radius 2 is 2.04 bits per heavy atom. The van der Waals surface area contributed by atoms with Crippen molar-refractivity contribution in [3.05, 3.63) is 53.9 Å². The molecule has 0 saturated heterocycles. The van der Waals surface area contributed by atoms with Crippen molar-refractivity contribution in [3.63, 3.8) is 0 Å². The molecule has 0 fully saturated rings. The molecular weight excluding hydrogens is 305 g/mol. The first kappa shape index (κ1) is 18.0. The van der Waals surface area contributed by atoms with Crippen LogP contribution in [0.1, 0.15) is 37.9 Å². The Bertz CT molecular complexity index is 632. The second-order valence-electron chi connectivity index (χ2n) is 6.58. The van der Waals surface area contributed by atoms with E-state index < -0.39 is 0 Å². The number of aryl methyl sites for hydroxylation is 2. The Morgan fingerprint density at radius 1 is 1.29 bits per heavy atom. The summed E-state index contributed by atoms with van der Waals surface area (Å²) in [5, 5.41) is 3.27. The van der Waals surface area contributed by atoms with Gasteiger partial charge in [-0.05, 0) is 57.2 Å². The normalized spacial score (nSPS) is 12.4. The van der Waals surface area contributed by atoms with Crippen molar-refractivity contribution < 1.29 is 4.39 Å². The van der Waals surface area contributed by atoms with Crippen molar-refractivity contribution >= 4 is 5.96 Å². The summed E-state index contributed by atoms with van der Waals surface area (Å²) in [4.78, 5) is 11.4. The van der Waals surface area contributed by atoms with E-state index in [1.807, 2.05) is 18.3 Å². The molecule has 5 nitrogen and oxygen atoms in total. The van der Waals surface area contributed by atoms with Gasteiger partial charge >= 0.3 is 0 Å². The first-order valence-corrected chi connectivity index (χ1v) is 8.24. The molecule has 24 heavy (non-hydrogen) atoms. The Balaban J connectivity index is 1.72. The number of imidazole rings is 1. The number of benzene rings is 1. The largest absolute Gasteiger partial charge is 0.370 e. The van der Waals surface area contributed by atoms with Crippen molar-refractivity contribution in [3.8, 4) is 0 Å². The van der Waals surface area contributed by atoms with Crippen LogP contribution < -0.4 is 11.1 Å². The predicted octanol–water partition coefficient (Wildman–Crippen LogP) is 2.80. The highest BCUT2D eigenvalue weighted by atomic mass is 19.1. The van der Waals surface area contributed by atoms with Gasteiger partial charge in [0.25, 0.3) is 0 Å². The highest BCUT2D eigenvalue weighted by Gasteiger charge is 2.18. The van der Waals surface area contributed by atoms with E-state index in [-0.39, 0.29) is 11.4 Å². The molecule has 1 aromatic heterocycles. The number of hydrogen-bond donors (Lipinski definition) is 3. The number of H-pyrrole nitrogens is 1. The smallest absolute Gasteiger partial charge is 0.188 e. The van der Waals surface area contributed by atoms with Gasteiger partial charge in [0.15, 0.2) is 5.96 Å². The Hall–Kier alpha value is -2.37. The van der Waals surface area contributed by atoms with Crippen molar-refractivity contribution in [1.29, 1.82) is 0 Å². The summed E-state index contributed by atoms with van der Waals surface area (Å²) in [6.45, 7) is 4.85. The zero-order valence-electron chi connectivity index (χ0n) is 14.3. The minimum atomic E-state index is -0.206. The zero-order chi connectivity index (χ0) is 17.4. The summed E-state index contributed by atoms with van der Waals surface area (Å²) in [6, 6.07) is 6.62. The highest BCUT2D eigenvalue weighted by Crippen LogP contribution is 2.14. The molecule has 1 aromatic carbocycles. The molecule has 4 N–H and O–H groups in total. The molecule has 2 aromatic rings. The molecule has 130 valence electrons. The molecule has 6 heteroatoms. The lowest BCUT2D eigenvalue weighted by atomic mass is 9.95. The molecule has 0 atom stereocenters. The molecule has 0 saturated carbocycles. The number of guanidine groups is 1. The molecule has 0 aliphatic carbocycles. The minimum Gasteiger partial charge on any atom is -0.370 e. The standard InChI is InChI=1S/C18H26FN5/c1-18(2,10-9-14-5-7-15(19)8-6-14)24-17(20)22-11-3-4-16-12-21-13-23-16/h5-8,12-13H,3-4,9-11H2,1-2H3,(H,21,23)(H3,20,22,24). The summed E-state index contributed by atoms with van der Waals surface area (Å²) in [5.41, 5.74) is 8.02. The number of hydrogen-bond acceptors (Lipinski definition) is 2. The maximum Gasteiger partial charge on any atom is 0.188 e. The van der Waals surface area contributed by atoms with Crippen molar-refractivity contribution in [1.82, 2.24) is 15.3 Å². The van der Waals surface area contributed by atoms with Gasteiger partial charge in [-0.1, -0.05) is 12.1 Å². The Kier molecular flexibility index (Phi) is 6.35. The van der Waals surface area contributed by atoms with Gasteiger partial charge < -0.3 is 16.0 Å². The van der Waals surface area contributed by atoms with E-state index in [9.17, 15) is 4.39 Å². The van der Waals surface area contributed by atoms with E-state index in [1.54, 1.807) is 6.33 Å². The summed E-state index contributed by atoms with van der Waals surface area (Å²) in [6.07, 6.45) is 7.06. The summed E-state index contributed by atoms with van der Waals surface area (Å²) in [5.74, 6) is 0.256. The SMILES string of the molecule is CC(C)(CCc1ccc(F)cc1)NC(N)=NCCCc1cnc[nH]1. The second-order valence-corrected chi connectivity index (χ2v) is 6.58. The van der Waals surface area contributed by atoms with Crippen LogP contribution in [-0.2, 0) is 12.8 Å². The van der Waals surface area contributed by atoms with Gasteiger partial charge in [0.1, 0.15) is 5.82 Å². The van der Waals surface area contributed by atoms with E-state index in [0.29, 0.717) is 12.5 Å². The maximum atomic E-state index is 12.9. The van der Waals surface area contributed by atoms with Gasteiger partial charge in [-0.15, -0.1) is 0 Å². The number of halogens is 1. The van der Waals surface area contributed by atoms with Crippen LogP contribution in [0.4, 0.5) is 4.39 Å². The topological polar surface area (TPSA) is 79.1 Å². The average Bonchev–Trinajstić information content (AvgIpc) is 3.04. The minimum absolute atomic E-state index is 0.175. The molecule has 0 bridgehead atoms. The van der Waals surface area contributed by atoms with Gasteiger partial charge in [-0.25, -0.2) is 9.37 Å². The molecule has 0 aliphatic rings. The third-order valence-corrected chi connectivity index (χ3v) is 3.86.